The first kappa shape index (κ1) is 10.3. The van der Waals surface area contributed by atoms with Gasteiger partial charge in [0.1, 0.15) is 0 Å². The summed E-state index contributed by atoms with van der Waals surface area (Å²) in [6.07, 6.45) is 1.28. The molecule has 0 saturated carbocycles. The summed E-state index contributed by atoms with van der Waals surface area (Å²) in [5.74, 6) is 0.406. The fraction of sp³-hybridized carbons (Fsp3) is 0.364. The summed E-state index contributed by atoms with van der Waals surface area (Å²) in [6, 6.07) is 10.2. The molecule has 1 aromatic carbocycles. The summed E-state index contributed by atoms with van der Waals surface area (Å²) in [6.45, 7) is 2.11. The summed E-state index contributed by atoms with van der Waals surface area (Å²) in [5.41, 5.74) is 1.26. The van der Waals surface area contributed by atoms with Crippen LogP contribution in [0.15, 0.2) is 30.3 Å². The lowest BCUT2D eigenvalue weighted by Crippen LogP contribution is -1.96. The Labute approximate surface area is 83.7 Å². The maximum Gasteiger partial charge on any atom is 0.221 e. The topological polar surface area (TPSA) is 17.1 Å². The van der Waals surface area contributed by atoms with E-state index in [2.05, 4.69) is 19.1 Å². The van der Waals surface area contributed by atoms with Gasteiger partial charge in [-0.05, 0) is 29.5 Å². The summed E-state index contributed by atoms with van der Waals surface area (Å²) < 4.78 is 0. The van der Waals surface area contributed by atoms with Gasteiger partial charge in [0.2, 0.25) is 5.24 Å². The minimum absolute atomic E-state index is 0.247. The summed E-state index contributed by atoms with van der Waals surface area (Å²) in [4.78, 5) is 10.5. The fourth-order valence-corrected chi connectivity index (χ4v) is 1.39. The molecule has 13 heavy (non-hydrogen) atoms. The second-order valence-corrected chi connectivity index (χ2v) is 3.63. The van der Waals surface area contributed by atoms with Crippen molar-refractivity contribution in [1.29, 1.82) is 0 Å². The van der Waals surface area contributed by atoms with Crippen LogP contribution >= 0.6 is 11.6 Å². The average molecular weight is 197 g/mol. The van der Waals surface area contributed by atoms with E-state index in [0.29, 0.717) is 12.3 Å². The van der Waals surface area contributed by atoms with Gasteiger partial charge in [-0.2, -0.15) is 0 Å². The van der Waals surface area contributed by atoms with Crippen LogP contribution in [-0.2, 0) is 4.79 Å². The Morgan fingerprint density at radius 3 is 2.54 bits per heavy atom. The fourth-order valence-electron chi connectivity index (χ4n) is 1.28. The zero-order valence-electron chi connectivity index (χ0n) is 7.66. The minimum Gasteiger partial charge on any atom is -0.281 e. The maximum absolute atomic E-state index is 10.5. The van der Waals surface area contributed by atoms with Crippen molar-refractivity contribution in [2.45, 2.75) is 25.7 Å². The highest BCUT2D eigenvalue weighted by atomic mass is 35.5. The van der Waals surface area contributed by atoms with Gasteiger partial charge < -0.3 is 0 Å². The van der Waals surface area contributed by atoms with Crippen molar-refractivity contribution in [3.8, 4) is 0 Å². The normalized spacial score (nSPS) is 12.5. The molecule has 70 valence electrons. The van der Waals surface area contributed by atoms with Gasteiger partial charge >= 0.3 is 0 Å². The molecule has 0 aromatic heterocycles. The molecule has 0 aliphatic heterocycles. The van der Waals surface area contributed by atoms with Crippen molar-refractivity contribution in [3.05, 3.63) is 35.9 Å². The molecule has 0 spiro atoms. The second-order valence-electron chi connectivity index (χ2n) is 3.21. The highest BCUT2D eigenvalue weighted by Crippen LogP contribution is 2.20. The molecule has 1 aromatic rings. The van der Waals surface area contributed by atoms with Gasteiger partial charge in [-0.15, -0.1) is 0 Å². The van der Waals surface area contributed by atoms with Crippen molar-refractivity contribution in [1.82, 2.24) is 0 Å². The SMILES string of the molecule is C[C@H](CCC(=O)Cl)c1ccccc1. The van der Waals surface area contributed by atoms with Crippen molar-refractivity contribution in [2.75, 3.05) is 0 Å². The van der Waals surface area contributed by atoms with Crippen LogP contribution in [0.2, 0.25) is 0 Å². The molecule has 0 fully saturated rings. The quantitative estimate of drug-likeness (QED) is 0.676. The molecule has 0 aliphatic carbocycles. The zero-order chi connectivity index (χ0) is 9.68. The van der Waals surface area contributed by atoms with Crippen LogP contribution in [0, 0.1) is 0 Å². The number of rotatable bonds is 4. The lowest BCUT2D eigenvalue weighted by Gasteiger charge is -2.09. The van der Waals surface area contributed by atoms with E-state index in [9.17, 15) is 4.79 Å². The lowest BCUT2D eigenvalue weighted by atomic mass is 9.97. The van der Waals surface area contributed by atoms with Gasteiger partial charge in [0.05, 0.1) is 0 Å². The van der Waals surface area contributed by atoms with E-state index in [0.717, 1.165) is 6.42 Å². The van der Waals surface area contributed by atoms with E-state index in [-0.39, 0.29) is 5.24 Å². The number of carbonyl (C=O) groups excluding carboxylic acids is 1. The Morgan fingerprint density at radius 1 is 1.38 bits per heavy atom. The molecular formula is C11H13ClO. The highest BCUT2D eigenvalue weighted by molar-refractivity contribution is 6.63. The molecule has 1 rings (SSSR count). The highest BCUT2D eigenvalue weighted by Gasteiger charge is 2.06. The molecule has 0 aliphatic rings. The number of carbonyl (C=O) groups is 1. The first-order valence-corrected chi connectivity index (χ1v) is 4.81. The molecule has 1 atom stereocenters. The van der Waals surface area contributed by atoms with Gasteiger partial charge in [0, 0.05) is 6.42 Å². The van der Waals surface area contributed by atoms with E-state index < -0.39 is 0 Å². The van der Waals surface area contributed by atoms with Crippen molar-refractivity contribution < 1.29 is 4.79 Å². The van der Waals surface area contributed by atoms with E-state index in [4.69, 9.17) is 11.6 Å². The molecule has 0 unspecified atom stereocenters. The van der Waals surface area contributed by atoms with Gasteiger partial charge in [-0.25, -0.2) is 0 Å². The van der Waals surface area contributed by atoms with Crippen LogP contribution in [-0.4, -0.2) is 5.24 Å². The average Bonchev–Trinajstić information content (AvgIpc) is 2.15. The molecule has 0 amide bonds. The van der Waals surface area contributed by atoms with Gasteiger partial charge in [0.15, 0.2) is 0 Å². The summed E-state index contributed by atoms with van der Waals surface area (Å²) >= 11 is 5.27. The molecule has 2 heteroatoms. The number of hydrogen-bond donors (Lipinski definition) is 0. The second kappa shape index (κ2) is 5.03. The first-order chi connectivity index (χ1) is 6.20. The van der Waals surface area contributed by atoms with Crippen molar-refractivity contribution >= 4 is 16.8 Å². The molecular weight excluding hydrogens is 184 g/mol. The van der Waals surface area contributed by atoms with Crippen LogP contribution in [0.4, 0.5) is 0 Å². The molecule has 0 radical (unpaired) electrons. The van der Waals surface area contributed by atoms with Gasteiger partial charge in [0.25, 0.3) is 0 Å². The summed E-state index contributed by atoms with van der Waals surface area (Å²) in [5, 5.41) is -0.247. The monoisotopic (exact) mass is 196 g/mol. The third kappa shape index (κ3) is 3.60. The smallest absolute Gasteiger partial charge is 0.221 e. The standard InChI is InChI=1S/C11H13ClO/c1-9(7-8-11(12)13)10-5-3-2-4-6-10/h2-6,9H,7-8H2,1H3/t9-/m1/s1. The number of hydrogen-bond acceptors (Lipinski definition) is 1. The minimum atomic E-state index is -0.247. The predicted octanol–water partition coefficient (Wildman–Crippen LogP) is 3.34. The Balaban J connectivity index is 2.49. The Hall–Kier alpha value is -0.820. The molecule has 0 saturated heterocycles. The summed E-state index contributed by atoms with van der Waals surface area (Å²) in [7, 11) is 0. The third-order valence-electron chi connectivity index (χ3n) is 2.14. The van der Waals surface area contributed by atoms with E-state index in [1.54, 1.807) is 0 Å². The van der Waals surface area contributed by atoms with E-state index in [1.165, 1.54) is 5.56 Å². The molecule has 1 nitrogen and oxygen atoms in total. The first-order valence-electron chi connectivity index (χ1n) is 4.43. The number of halogens is 1. The lowest BCUT2D eigenvalue weighted by molar-refractivity contribution is -0.111. The predicted molar refractivity (Wildman–Crippen MR) is 55.0 cm³/mol. The Morgan fingerprint density at radius 2 is 2.00 bits per heavy atom. The van der Waals surface area contributed by atoms with Crippen molar-refractivity contribution in [3.63, 3.8) is 0 Å². The van der Waals surface area contributed by atoms with Gasteiger partial charge in [-0.1, -0.05) is 37.3 Å². The van der Waals surface area contributed by atoms with E-state index >= 15 is 0 Å². The van der Waals surface area contributed by atoms with Crippen LogP contribution in [0.5, 0.6) is 0 Å². The van der Waals surface area contributed by atoms with Crippen LogP contribution in [0.3, 0.4) is 0 Å². The molecule has 0 heterocycles. The maximum atomic E-state index is 10.5. The Kier molecular flexibility index (Phi) is 3.97. The van der Waals surface area contributed by atoms with Crippen LogP contribution < -0.4 is 0 Å². The zero-order valence-corrected chi connectivity index (χ0v) is 8.42. The Bertz CT molecular complexity index is 269. The number of benzene rings is 1. The molecule has 0 N–H and O–H groups in total. The molecule has 0 bridgehead atoms. The van der Waals surface area contributed by atoms with Gasteiger partial charge in [-0.3, -0.25) is 4.79 Å². The van der Waals surface area contributed by atoms with Crippen LogP contribution in [0.1, 0.15) is 31.2 Å². The largest absolute Gasteiger partial charge is 0.281 e. The van der Waals surface area contributed by atoms with Crippen molar-refractivity contribution in [2.24, 2.45) is 0 Å². The van der Waals surface area contributed by atoms with Crippen LogP contribution in [0.25, 0.3) is 0 Å². The van der Waals surface area contributed by atoms with E-state index in [1.807, 2.05) is 18.2 Å². The third-order valence-corrected chi connectivity index (χ3v) is 2.33.